The van der Waals surface area contributed by atoms with Crippen LogP contribution in [0.15, 0.2) is 170 Å². The molecule has 4 saturated heterocycles. The van der Waals surface area contributed by atoms with Crippen molar-refractivity contribution in [3.63, 3.8) is 0 Å². The molecule has 0 bridgehead atoms. The van der Waals surface area contributed by atoms with Gasteiger partial charge in [0.05, 0.1) is 86.7 Å². The number of carboxylic acid groups (broad SMARTS) is 3. The van der Waals surface area contributed by atoms with Crippen LogP contribution in [0.5, 0.6) is 0 Å². The van der Waals surface area contributed by atoms with Gasteiger partial charge in [0.25, 0.3) is 0 Å². The fourth-order valence-electron chi connectivity index (χ4n) is 23.7. The Labute approximate surface area is 770 Å². The average molecular weight is 1820 g/mol. The number of carboxylic acids is 3. The Balaban J connectivity index is 0.000000107. The minimum atomic E-state index is -0.691. The fourth-order valence-corrected chi connectivity index (χ4v) is 23.7. The van der Waals surface area contributed by atoms with E-state index in [1.54, 1.807) is 0 Å². The first-order chi connectivity index (χ1) is 65.4. The van der Waals surface area contributed by atoms with Crippen LogP contribution < -0.4 is 0 Å². The summed E-state index contributed by atoms with van der Waals surface area (Å²) in [6.45, 7) is 5.87. The van der Waals surface area contributed by atoms with Crippen molar-refractivity contribution >= 4 is 111 Å². The van der Waals surface area contributed by atoms with E-state index in [1.165, 1.54) is 110 Å². The maximum absolute atomic E-state index is 13.9. The number of aromatic amines is 4. The van der Waals surface area contributed by atoms with Crippen molar-refractivity contribution in [1.29, 1.82) is 0 Å². The molecule has 4 saturated carbocycles. The van der Waals surface area contributed by atoms with Crippen LogP contribution in [0.25, 0.3) is 110 Å². The highest BCUT2D eigenvalue weighted by Gasteiger charge is 2.41. The molecule has 27 heteroatoms. The number of hydrogen-bond donors (Lipinski definition) is 7. The van der Waals surface area contributed by atoms with Gasteiger partial charge in [-0.05, 0) is 333 Å². The van der Waals surface area contributed by atoms with Crippen LogP contribution in [0.2, 0.25) is 0 Å². The van der Waals surface area contributed by atoms with Crippen LogP contribution in [0.1, 0.15) is 222 Å². The summed E-state index contributed by atoms with van der Waals surface area (Å²) in [7, 11) is 0. The second-order valence-electron chi connectivity index (χ2n) is 38.5. The highest BCUT2D eigenvalue weighted by molar-refractivity contribution is 6.03. The van der Waals surface area contributed by atoms with Gasteiger partial charge < -0.3 is 52.5 Å². The number of rotatable bonds is 17. The number of hydrogen-bond acceptors (Lipinski definition) is 12. The molecule has 7 N–H and O–H groups in total. The molecule has 0 spiro atoms. The van der Waals surface area contributed by atoms with Crippen molar-refractivity contribution in [2.75, 3.05) is 52.9 Å². The number of H-pyrrole nitrogens is 4. The molecule has 4 aliphatic carbocycles. The number of nitrogens with zero attached hydrogens (tertiary/aromatic N) is 8. The SMILES string of the molecule is O=C(O)C1CC(Cc2c(C3CCOCC3)n(-c3ccc(F)cc3)c3cc4cn[nH]c4cc23)C1.O=C(O)C1CCC(Cc2c(C3CCOCC3)n(-c3ccc(F)cc3)c3cc4cn[nH]c4cc23)CC1.O=C(O)C1CCC(c2c(C3CCOCC3)n(-c3ccc(F)cc3)c3cc4cn[nH]c4cc23)CC1.O=C1CCCC(c2c(C3CCOCC3)n(-c3ccc(F)cc3)c3cc4cn[nH]c4cc23)C1. The first kappa shape index (κ1) is 88.1. The molecule has 12 heterocycles. The van der Waals surface area contributed by atoms with Crippen LogP contribution >= 0.6 is 0 Å². The lowest BCUT2D eigenvalue weighted by Gasteiger charge is -2.33. The average Bonchev–Trinajstić information content (AvgIpc) is 1.46. The summed E-state index contributed by atoms with van der Waals surface area (Å²) in [5.41, 5.74) is 22.5. The molecule has 24 rings (SSSR count). The zero-order valence-electron chi connectivity index (χ0n) is 74.8. The largest absolute Gasteiger partial charge is 0.481 e. The van der Waals surface area contributed by atoms with E-state index in [0.717, 1.165) is 275 Å². The lowest BCUT2D eigenvalue weighted by molar-refractivity contribution is -0.146. The summed E-state index contributed by atoms with van der Waals surface area (Å²) in [5, 5.41) is 66.6. The summed E-state index contributed by atoms with van der Waals surface area (Å²) < 4.78 is 87.3. The number of nitrogens with one attached hydrogen (secondary N) is 4. The molecule has 134 heavy (non-hydrogen) atoms. The summed E-state index contributed by atoms with van der Waals surface area (Å²) in [4.78, 5) is 46.9. The molecule has 0 amide bonds. The second-order valence-corrected chi connectivity index (χ2v) is 38.5. The number of Topliss-reactive ketones (excluding diaryl/α,β-unsaturated/α-hetero) is 1. The molecule has 23 nitrogen and oxygen atoms in total. The molecule has 16 aromatic rings. The quantitative estimate of drug-likeness (QED) is 0.0417. The van der Waals surface area contributed by atoms with Crippen molar-refractivity contribution in [3.8, 4) is 22.7 Å². The van der Waals surface area contributed by atoms with Gasteiger partial charge in [-0.1, -0.05) is 0 Å². The summed E-state index contributed by atoms with van der Waals surface area (Å²) in [6.07, 6.45) is 27.8. The maximum atomic E-state index is 13.9. The third-order valence-corrected chi connectivity index (χ3v) is 30.5. The van der Waals surface area contributed by atoms with Gasteiger partial charge in [0, 0.05) is 178 Å². The predicted octanol–water partition coefficient (Wildman–Crippen LogP) is 22.8. The molecule has 1 unspecified atom stereocenters. The smallest absolute Gasteiger partial charge is 0.306 e. The molecule has 0 radical (unpaired) electrons. The zero-order chi connectivity index (χ0) is 91.4. The van der Waals surface area contributed by atoms with E-state index in [4.69, 9.17) is 18.9 Å². The fraction of sp³-hybridized carbons (Fsp3) is 0.402. The second kappa shape index (κ2) is 38.1. The van der Waals surface area contributed by atoms with Crippen LogP contribution in [0.4, 0.5) is 17.6 Å². The van der Waals surface area contributed by atoms with Gasteiger partial charge in [-0.15, -0.1) is 0 Å². The summed E-state index contributed by atoms with van der Waals surface area (Å²) in [5.74, 6) is -0.735. The number of carbonyl (C=O) groups is 4. The van der Waals surface area contributed by atoms with Gasteiger partial charge >= 0.3 is 17.9 Å². The Hall–Kier alpha value is -12.6. The van der Waals surface area contributed by atoms with E-state index in [2.05, 4.69) is 108 Å². The van der Waals surface area contributed by atoms with Gasteiger partial charge in [0.15, 0.2) is 0 Å². The standard InChI is InChI=1S/C28H30FN3O3.C27H28FN3O3.C26H26FN3O3.C26H26FN3O2/c29-21-5-7-22(8-6-21)32-26-14-20-16-30-31-25(20)15-23(26)24(27(32)18-9-11-35-12-10-18)13-17-1-3-19(4-2-17)28(33)34;28-20-5-7-21(8-6-20)31-24-13-19-15-29-30-23(19)14-22(24)25(26(31)17-9-11-34-12-10-17)16-1-3-18(4-2-16)27(32)33;27-19-1-3-20(4-2-19)30-24-12-18-14-28-29-23(18)13-21(24)22(11-15-9-17(10-15)26(31)32)25(30)16-5-7-33-8-6-16;27-19-4-6-20(7-5-19)30-24-13-18-15-28-29-23(18)14-22(24)25(17-2-1-3-21(31)12-17)26(30)16-8-10-32-11-9-16/h5-8,14-19H,1-4,9-13H2,(H,30,31)(H,33,34);5-8,13-18H,1-4,9-12H2,(H,29,30)(H,32,33);1-4,12-17H,5-11H2,(H,28,29)(H,31,32);4-7,13-17H,1-3,8-12H2,(H,28,29). The van der Waals surface area contributed by atoms with Crippen LogP contribution in [0.3, 0.4) is 0 Å². The lowest BCUT2D eigenvalue weighted by Crippen LogP contribution is -2.31. The van der Waals surface area contributed by atoms with Crippen molar-refractivity contribution in [2.24, 2.45) is 29.6 Å². The highest BCUT2D eigenvalue weighted by atomic mass is 19.1. The molecule has 692 valence electrons. The number of carbonyl (C=O) groups excluding carboxylic acids is 1. The Bertz CT molecular complexity index is 7000. The van der Waals surface area contributed by atoms with Gasteiger partial charge in [-0.25, -0.2) is 17.6 Å². The summed E-state index contributed by atoms with van der Waals surface area (Å²) in [6, 6.07) is 44.4. The Morgan fingerprint density at radius 3 is 0.970 bits per heavy atom. The first-order valence-electron chi connectivity index (χ1n) is 48.0. The number of aliphatic carboxylic acids is 3. The normalized spacial score (nSPS) is 21.4. The number of halogens is 4. The molecule has 8 aliphatic rings. The van der Waals surface area contributed by atoms with E-state index in [9.17, 15) is 52.1 Å². The highest BCUT2D eigenvalue weighted by Crippen LogP contribution is 2.52. The topological polar surface area (TPSA) is 300 Å². The number of ketones is 1. The van der Waals surface area contributed by atoms with Gasteiger partial charge in [0.2, 0.25) is 0 Å². The van der Waals surface area contributed by atoms with Gasteiger partial charge in [-0.2, -0.15) is 20.4 Å². The zero-order valence-corrected chi connectivity index (χ0v) is 74.8. The molecule has 8 aromatic heterocycles. The Morgan fingerprint density at radius 1 is 0.336 bits per heavy atom. The number of ether oxygens (including phenoxy) is 4. The van der Waals surface area contributed by atoms with Crippen molar-refractivity contribution in [2.45, 2.75) is 190 Å². The van der Waals surface area contributed by atoms with E-state index in [-0.39, 0.29) is 52.9 Å². The van der Waals surface area contributed by atoms with E-state index >= 15 is 0 Å². The van der Waals surface area contributed by atoms with Gasteiger partial charge in [-0.3, -0.25) is 39.6 Å². The molecule has 1 atom stereocenters. The third-order valence-electron chi connectivity index (χ3n) is 30.5. The third kappa shape index (κ3) is 17.5. The lowest BCUT2D eigenvalue weighted by atomic mass is 9.71. The molecule has 8 aromatic carbocycles. The van der Waals surface area contributed by atoms with Crippen molar-refractivity contribution in [3.05, 3.63) is 239 Å². The first-order valence-corrected chi connectivity index (χ1v) is 48.0. The minimum absolute atomic E-state index is 0.207. The van der Waals surface area contributed by atoms with Crippen LogP contribution in [0, 0.1) is 52.9 Å². The molecule has 4 aliphatic heterocycles. The van der Waals surface area contributed by atoms with Crippen LogP contribution in [-0.4, -0.2) is 151 Å². The minimum Gasteiger partial charge on any atom is -0.481 e. The number of benzene rings is 8. The van der Waals surface area contributed by atoms with Crippen molar-refractivity contribution < 1.29 is 71.0 Å². The van der Waals surface area contributed by atoms with E-state index in [1.807, 2.05) is 73.3 Å². The maximum Gasteiger partial charge on any atom is 0.306 e. The van der Waals surface area contributed by atoms with Crippen LogP contribution in [-0.2, 0) is 51.0 Å². The monoisotopic (exact) mass is 1810 g/mol. The van der Waals surface area contributed by atoms with E-state index in [0.29, 0.717) is 67.0 Å². The van der Waals surface area contributed by atoms with Crippen molar-refractivity contribution in [1.82, 2.24) is 59.1 Å². The molecule has 8 fully saturated rings. The van der Waals surface area contributed by atoms with Gasteiger partial charge in [0.1, 0.15) is 29.1 Å². The van der Waals surface area contributed by atoms with E-state index < -0.39 is 17.9 Å². The Kier molecular flexibility index (Phi) is 25.0. The number of fused-ring (bicyclic) bond motifs is 8. The predicted molar refractivity (Wildman–Crippen MR) is 506 cm³/mol. The molecular weight excluding hydrogens is 1710 g/mol. The Morgan fingerprint density at radius 2 is 0.634 bits per heavy atom. The number of aromatic nitrogens is 12. The molecular formula is C107H110F4N12O11. The summed E-state index contributed by atoms with van der Waals surface area (Å²) >= 11 is 0.